The molecule has 0 aromatic heterocycles. The maximum atomic E-state index is 13.1. The van der Waals surface area contributed by atoms with Gasteiger partial charge in [-0.15, -0.1) is 0 Å². The van der Waals surface area contributed by atoms with Crippen LogP contribution in [0, 0.1) is 17.7 Å². The van der Waals surface area contributed by atoms with Gasteiger partial charge in [-0.2, -0.15) is 0 Å². The van der Waals surface area contributed by atoms with Crippen molar-refractivity contribution in [2.24, 2.45) is 0 Å². The molecule has 0 radical (unpaired) electrons. The van der Waals surface area contributed by atoms with Gasteiger partial charge in [-0.05, 0) is 43.9 Å². The Morgan fingerprint density at radius 1 is 1.45 bits per heavy atom. The van der Waals surface area contributed by atoms with Crippen LogP contribution >= 0.6 is 11.6 Å². The van der Waals surface area contributed by atoms with E-state index in [1.54, 1.807) is 11.8 Å². The highest BCUT2D eigenvalue weighted by molar-refractivity contribution is 6.33. The van der Waals surface area contributed by atoms with Crippen LogP contribution in [0.25, 0.3) is 0 Å². The van der Waals surface area contributed by atoms with Crippen molar-refractivity contribution >= 4 is 23.4 Å². The van der Waals surface area contributed by atoms with Crippen LogP contribution in [0.3, 0.4) is 0 Å². The SMILES string of the molecule is CC#CC(=O)NC1CCCN(C(=O)c2ccc(F)cc2Cl)C1. The van der Waals surface area contributed by atoms with Crippen LogP contribution in [-0.2, 0) is 4.79 Å². The van der Waals surface area contributed by atoms with Gasteiger partial charge in [0.15, 0.2) is 0 Å². The van der Waals surface area contributed by atoms with Crippen molar-refractivity contribution < 1.29 is 14.0 Å². The fourth-order valence-electron chi connectivity index (χ4n) is 2.45. The highest BCUT2D eigenvalue weighted by atomic mass is 35.5. The van der Waals surface area contributed by atoms with E-state index in [0.29, 0.717) is 13.1 Å². The molecule has 6 heteroatoms. The zero-order valence-corrected chi connectivity index (χ0v) is 12.9. The summed E-state index contributed by atoms with van der Waals surface area (Å²) < 4.78 is 13.1. The van der Waals surface area contributed by atoms with Gasteiger partial charge in [0, 0.05) is 19.1 Å². The summed E-state index contributed by atoms with van der Waals surface area (Å²) >= 11 is 5.93. The molecular formula is C16H16ClFN2O2. The molecule has 1 N–H and O–H groups in total. The van der Waals surface area contributed by atoms with Crippen molar-refractivity contribution in [1.82, 2.24) is 10.2 Å². The molecule has 22 heavy (non-hydrogen) atoms. The van der Waals surface area contributed by atoms with Crippen LogP contribution in [0.1, 0.15) is 30.1 Å². The van der Waals surface area contributed by atoms with Crippen molar-refractivity contribution in [3.8, 4) is 11.8 Å². The van der Waals surface area contributed by atoms with E-state index in [2.05, 4.69) is 17.2 Å². The van der Waals surface area contributed by atoms with Crippen LogP contribution in [0.4, 0.5) is 4.39 Å². The molecule has 4 nitrogen and oxygen atoms in total. The third kappa shape index (κ3) is 3.99. The maximum Gasteiger partial charge on any atom is 0.296 e. The van der Waals surface area contributed by atoms with Gasteiger partial charge in [0.2, 0.25) is 0 Å². The minimum atomic E-state index is -0.483. The number of hydrogen-bond acceptors (Lipinski definition) is 2. The second-order valence-corrected chi connectivity index (χ2v) is 5.47. The Morgan fingerprint density at radius 2 is 2.23 bits per heavy atom. The molecule has 1 aliphatic heterocycles. The van der Waals surface area contributed by atoms with E-state index in [9.17, 15) is 14.0 Å². The Hall–Kier alpha value is -2.06. The third-order valence-corrected chi connectivity index (χ3v) is 3.76. The van der Waals surface area contributed by atoms with Crippen LogP contribution < -0.4 is 5.32 Å². The molecule has 1 aromatic rings. The summed E-state index contributed by atoms with van der Waals surface area (Å²) in [5.41, 5.74) is 0.267. The summed E-state index contributed by atoms with van der Waals surface area (Å²) in [6, 6.07) is 3.57. The number of carbonyl (C=O) groups excluding carboxylic acids is 2. The second-order valence-electron chi connectivity index (χ2n) is 5.06. The Kier molecular flexibility index (Phi) is 5.40. The topological polar surface area (TPSA) is 49.4 Å². The number of piperidine rings is 1. The first kappa shape index (κ1) is 16.3. The van der Waals surface area contributed by atoms with Crippen molar-refractivity contribution in [3.05, 3.63) is 34.6 Å². The lowest BCUT2D eigenvalue weighted by Gasteiger charge is -2.33. The molecule has 1 atom stereocenters. The van der Waals surface area contributed by atoms with E-state index in [1.165, 1.54) is 12.1 Å². The highest BCUT2D eigenvalue weighted by Gasteiger charge is 2.26. The molecule has 116 valence electrons. The first-order valence-corrected chi connectivity index (χ1v) is 7.36. The molecule has 2 rings (SSSR count). The van der Waals surface area contributed by atoms with Gasteiger partial charge in [-0.3, -0.25) is 9.59 Å². The normalized spacial score (nSPS) is 17.4. The molecule has 1 aliphatic rings. The number of halogens is 2. The Labute approximate surface area is 133 Å². The molecule has 1 saturated heterocycles. The number of carbonyl (C=O) groups is 2. The first-order chi connectivity index (χ1) is 10.5. The summed E-state index contributed by atoms with van der Waals surface area (Å²) in [6.45, 7) is 2.56. The van der Waals surface area contributed by atoms with Gasteiger partial charge in [-0.25, -0.2) is 4.39 Å². The number of hydrogen-bond donors (Lipinski definition) is 1. The minimum Gasteiger partial charge on any atom is -0.341 e. The molecule has 0 bridgehead atoms. The molecule has 1 unspecified atom stereocenters. The number of rotatable bonds is 2. The van der Waals surface area contributed by atoms with Crippen LogP contribution in [0.15, 0.2) is 18.2 Å². The summed E-state index contributed by atoms with van der Waals surface area (Å²) in [7, 11) is 0. The molecule has 0 aliphatic carbocycles. The van der Waals surface area contributed by atoms with Crippen molar-refractivity contribution in [1.29, 1.82) is 0 Å². The predicted octanol–water partition coefficient (Wildman–Crippen LogP) is 2.22. The number of nitrogens with zero attached hydrogens (tertiary/aromatic N) is 1. The minimum absolute atomic E-state index is 0.0907. The van der Waals surface area contributed by atoms with E-state index >= 15 is 0 Å². The number of benzene rings is 1. The lowest BCUT2D eigenvalue weighted by molar-refractivity contribution is -0.116. The van der Waals surface area contributed by atoms with Crippen LogP contribution in [0.5, 0.6) is 0 Å². The Bertz CT molecular complexity index is 651. The zero-order chi connectivity index (χ0) is 16.1. The van der Waals surface area contributed by atoms with Crippen LogP contribution in [-0.4, -0.2) is 35.8 Å². The van der Waals surface area contributed by atoms with Crippen LogP contribution in [0.2, 0.25) is 5.02 Å². The van der Waals surface area contributed by atoms with Gasteiger partial charge >= 0.3 is 0 Å². The number of likely N-dealkylation sites (tertiary alicyclic amines) is 1. The largest absolute Gasteiger partial charge is 0.341 e. The maximum absolute atomic E-state index is 13.1. The van der Waals surface area contributed by atoms with Gasteiger partial charge < -0.3 is 10.2 Å². The molecule has 1 aromatic carbocycles. The number of amides is 2. The van der Waals surface area contributed by atoms with Gasteiger partial charge in [0.25, 0.3) is 11.8 Å². The lowest BCUT2D eigenvalue weighted by atomic mass is 10.0. The average Bonchev–Trinajstić information content (AvgIpc) is 2.47. The number of nitrogens with one attached hydrogen (secondary N) is 1. The summed E-state index contributed by atoms with van der Waals surface area (Å²) in [5, 5.41) is 2.87. The molecule has 1 fully saturated rings. The van der Waals surface area contributed by atoms with E-state index < -0.39 is 5.82 Å². The molecule has 0 spiro atoms. The summed E-state index contributed by atoms with van der Waals surface area (Å²) in [5.74, 6) is 3.86. The highest BCUT2D eigenvalue weighted by Crippen LogP contribution is 2.21. The fraction of sp³-hybridized carbons (Fsp3) is 0.375. The Morgan fingerprint density at radius 3 is 2.91 bits per heavy atom. The molecule has 2 amide bonds. The molecule has 1 heterocycles. The molecule has 0 saturated carbocycles. The summed E-state index contributed by atoms with van der Waals surface area (Å²) in [6.07, 6.45) is 1.56. The fourth-order valence-corrected chi connectivity index (χ4v) is 2.70. The average molecular weight is 323 g/mol. The smallest absolute Gasteiger partial charge is 0.296 e. The van der Waals surface area contributed by atoms with Gasteiger partial charge in [0.1, 0.15) is 5.82 Å². The van der Waals surface area contributed by atoms with Gasteiger partial charge in [0.05, 0.1) is 10.6 Å². The monoisotopic (exact) mass is 322 g/mol. The second kappa shape index (κ2) is 7.28. The predicted molar refractivity (Wildman–Crippen MR) is 81.9 cm³/mol. The molecular weight excluding hydrogens is 307 g/mol. The van der Waals surface area contributed by atoms with E-state index in [4.69, 9.17) is 11.6 Å². The first-order valence-electron chi connectivity index (χ1n) is 6.99. The van der Waals surface area contributed by atoms with Crippen molar-refractivity contribution in [2.75, 3.05) is 13.1 Å². The summed E-state index contributed by atoms with van der Waals surface area (Å²) in [4.78, 5) is 25.6. The van der Waals surface area contributed by atoms with E-state index in [1.807, 2.05) is 0 Å². The quantitative estimate of drug-likeness (QED) is 0.849. The van der Waals surface area contributed by atoms with Crippen molar-refractivity contribution in [2.45, 2.75) is 25.8 Å². The van der Waals surface area contributed by atoms with E-state index in [-0.39, 0.29) is 28.4 Å². The van der Waals surface area contributed by atoms with Gasteiger partial charge in [-0.1, -0.05) is 17.5 Å². The standard InChI is InChI=1S/C16H16ClFN2O2/c1-2-4-15(21)19-12-5-3-8-20(10-12)16(22)13-7-6-11(18)9-14(13)17/h6-7,9,12H,3,5,8,10H2,1H3,(H,19,21). The van der Waals surface area contributed by atoms with Crippen molar-refractivity contribution in [3.63, 3.8) is 0 Å². The zero-order valence-electron chi connectivity index (χ0n) is 12.2. The Balaban J connectivity index is 2.06. The third-order valence-electron chi connectivity index (χ3n) is 3.44. The van der Waals surface area contributed by atoms with E-state index in [0.717, 1.165) is 18.9 Å². The lowest BCUT2D eigenvalue weighted by Crippen LogP contribution is -2.49.